The third-order valence-electron chi connectivity index (χ3n) is 6.61. The quantitative estimate of drug-likeness (QED) is 0.768. The van der Waals surface area contributed by atoms with Gasteiger partial charge in [-0.25, -0.2) is 0 Å². The lowest BCUT2D eigenvalue weighted by molar-refractivity contribution is -0.136. The van der Waals surface area contributed by atoms with Crippen molar-refractivity contribution in [1.29, 1.82) is 5.26 Å². The summed E-state index contributed by atoms with van der Waals surface area (Å²) in [5.74, 6) is 0.196. The van der Waals surface area contributed by atoms with Crippen LogP contribution in [-0.4, -0.2) is 83.9 Å². The standard InChI is InChI=1S/C21H35N5O2/c1-18-7-3-6-10-26(18)20(28)16-25-13-11-24(12-14-25)15-19(27)23-21(17-22)8-4-2-5-9-21/h18H,2-16H2,1H3,(H,23,27). The van der Waals surface area contributed by atoms with E-state index >= 15 is 0 Å². The van der Waals surface area contributed by atoms with Crippen LogP contribution in [0, 0.1) is 11.3 Å². The summed E-state index contributed by atoms with van der Waals surface area (Å²) in [6.07, 6.45) is 8.14. The van der Waals surface area contributed by atoms with Crippen molar-refractivity contribution in [3.63, 3.8) is 0 Å². The second-order valence-corrected chi connectivity index (χ2v) is 8.79. The number of rotatable bonds is 5. The molecule has 3 fully saturated rings. The first-order valence-corrected chi connectivity index (χ1v) is 11.0. The van der Waals surface area contributed by atoms with E-state index in [-0.39, 0.29) is 11.8 Å². The van der Waals surface area contributed by atoms with E-state index in [2.05, 4.69) is 28.1 Å². The Morgan fingerprint density at radius 2 is 1.61 bits per heavy atom. The zero-order chi connectivity index (χ0) is 20.0. The maximum Gasteiger partial charge on any atom is 0.236 e. The van der Waals surface area contributed by atoms with Gasteiger partial charge in [0.15, 0.2) is 0 Å². The van der Waals surface area contributed by atoms with Crippen LogP contribution in [0.5, 0.6) is 0 Å². The number of carbonyl (C=O) groups excluding carboxylic acids is 2. The van der Waals surface area contributed by atoms with Gasteiger partial charge in [-0.15, -0.1) is 0 Å². The van der Waals surface area contributed by atoms with E-state index in [4.69, 9.17) is 0 Å². The molecule has 0 radical (unpaired) electrons. The number of hydrogen-bond donors (Lipinski definition) is 1. The van der Waals surface area contributed by atoms with Crippen molar-refractivity contribution >= 4 is 11.8 Å². The SMILES string of the molecule is CC1CCCCN1C(=O)CN1CCN(CC(=O)NC2(C#N)CCCCC2)CC1. The highest BCUT2D eigenvalue weighted by Crippen LogP contribution is 2.27. The summed E-state index contributed by atoms with van der Waals surface area (Å²) >= 11 is 0. The van der Waals surface area contributed by atoms with E-state index in [1.165, 1.54) is 6.42 Å². The van der Waals surface area contributed by atoms with Gasteiger partial charge in [0.1, 0.15) is 5.54 Å². The molecule has 0 aromatic carbocycles. The molecule has 0 bridgehead atoms. The van der Waals surface area contributed by atoms with Crippen molar-refractivity contribution in [1.82, 2.24) is 20.0 Å². The van der Waals surface area contributed by atoms with Gasteiger partial charge in [0, 0.05) is 38.8 Å². The molecular formula is C21H35N5O2. The third kappa shape index (κ3) is 5.45. The molecule has 2 heterocycles. The number of carbonyl (C=O) groups is 2. The summed E-state index contributed by atoms with van der Waals surface area (Å²) < 4.78 is 0. The van der Waals surface area contributed by atoms with Crippen molar-refractivity contribution < 1.29 is 9.59 Å². The Bertz CT molecular complexity index is 588. The highest BCUT2D eigenvalue weighted by Gasteiger charge is 2.34. The molecule has 7 heteroatoms. The number of piperazine rings is 1. The molecule has 3 aliphatic rings. The molecule has 1 aliphatic carbocycles. The monoisotopic (exact) mass is 389 g/mol. The van der Waals surface area contributed by atoms with E-state index in [0.717, 1.165) is 77.7 Å². The molecule has 2 amide bonds. The van der Waals surface area contributed by atoms with Crippen LogP contribution in [0.3, 0.4) is 0 Å². The first-order valence-electron chi connectivity index (χ1n) is 11.0. The lowest BCUT2D eigenvalue weighted by Crippen LogP contribution is -2.55. The fourth-order valence-corrected chi connectivity index (χ4v) is 4.79. The fourth-order valence-electron chi connectivity index (χ4n) is 4.79. The first kappa shape index (κ1) is 21.1. The third-order valence-corrected chi connectivity index (χ3v) is 6.61. The predicted molar refractivity (Wildman–Crippen MR) is 107 cm³/mol. The van der Waals surface area contributed by atoms with Crippen molar-refractivity contribution in [2.24, 2.45) is 0 Å². The highest BCUT2D eigenvalue weighted by molar-refractivity contribution is 5.79. The van der Waals surface area contributed by atoms with Gasteiger partial charge in [-0.2, -0.15) is 5.26 Å². The minimum Gasteiger partial charge on any atom is -0.339 e. The number of amides is 2. The molecule has 2 saturated heterocycles. The maximum atomic E-state index is 12.6. The number of likely N-dealkylation sites (tertiary alicyclic amines) is 1. The van der Waals surface area contributed by atoms with Crippen molar-refractivity contribution in [3.8, 4) is 6.07 Å². The molecule has 1 N–H and O–H groups in total. The van der Waals surface area contributed by atoms with Gasteiger partial charge >= 0.3 is 0 Å². The molecule has 1 atom stereocenters. The number of nitrogens with one attached hydrogen (secondary N) is 1. The van der Waals surface area contributed by atoms with Gasteiger partial charge in [-0.1, -0.05) is 19.3 Å². The second kappa shape index (κ2) is 9.71. The van der Waals surface area contributed by atoms with E-state index in [1.54, 1.807) is 0 Å². The number of piperidine rings is 1. The molecule has 2 aliphatic heterocycles. The van der Waals surface area contributed by atoms with E-state index < -0.39 is 5.54 Å². The number of nitriles is 1. The molecule has 1 unspecified atom stereocenters. The van der Waals surface area contributed by atoms with E-state index in [9.17, 15) is 14.9 Å². The Hall–Kier alpha value is -1.65. The van der Waals surface area contributed by atoms with Gasteiger partial charge in [0.2, 0.25) is 11.8 Å². The largest absolute Gasteiger partial charge is 0.339 e. The van der Waals surface area contributed by atoms with Gasteiger partial charge in [0.05, 0.1) is 19.2 Å². The van der Waals surface area contributed by atoms with Crippen LogP contribution in [0.4, 0.5) is 0 Å². The fraction of sp³-hybridized carbons (Fsp3) is 0.857. The average Bonchev–Trinajstić information content (AvgIpc) is 2.70. The summed E-state index contributed by atoms with van der Waals surface area (Å²) in [6, 6.07) is 2.71. The molecule has 28 heavy (non-hydrogen) atoms. The highest BCUT2D eigenvalue weighted by atomic mass is 16.2. The molecule has 3 rings (SSSR count). The average molecular weight is 390 g/mol. The summed E-state index contributed by atoms with van der Waals surface area (Å²) in [4.78, 5) is 31.4. The van der Waals surface area contributed by atoms with E-state index in [1.807, 2.05) is 4.90 Å². The summed E-state index contributed by atoms with van der Waals surface area (Å²) in [5.41, 5.74) is -0.658. The smallest absolute Gasteiger partial charge is 0.236 e. The Labute approximate surface area is 169 Å². The van der Waals surface area contributed by atoms with Crippen LogP contribution in [-0.2, 0) is 9.59 Å². The predicted octanol–water partition coefficient (Wildman–Crippen LogP) is 1.35. The Morgan fingerprint density at radius 3 is 2.21 bits per heavy atom. The normalized spacial score (nSPS) is 26.4. The summed E-state index contributed by atoms with van der Waals surface area (Å²) in [7, 11) is 0. The van der Waals surface area contributed by atoms with Crippen LogP contribution >= 0.6 is 0 Å². The van der Waals surface area contributed by atoms with E-state index in [0.29, 0.717) is 19.1 Å². The summed E-state index contributed by atoms with van der Waals surface area (Å²) in [6.45, 7) is 7.06. The molecule has 1 saturated carbocycles. The van der Waals surface area contributed by atoms with Gasteiger partial charge in [0.25, 0.3) is 0 Å². The van der Waals surface area contributed by atoms with Crippen LogP contribution in [0.25, 0.3) is 0 Å². The Kier molecular flexibility index (Phi) is 7.30. The topological polar surface area (TPSA) is 79.7 Å². The van der Waals surface area contributed by atoms with Crippen molar-refractivity contribution in [2.75, 3.05) is 45.8 Å². The van der Waals surface area contributed by atoms with Gasteiger partial charge in [-0.05, 0) is 39.0 Å². The number of hydrogen-bond acceptors (Lipinski definition) is 5. The first-order chi connectivity index (χ1) is 13.5. The van der Waals surface area contributed by atoms with Crippen LogP contribution in [0.1, 0.15) is 58.3 Å². The van der Waals surface area contributed by atoms with Crippen LogP contribution in [0.2, 0.25) is 0 Å². The zero-order valence-corrected chi connectivity index (χ0v) is 17.3. The molecule has 0 spiro atoms. The Balaban J connectivity index is 1.39. The minimum atomic E-state index is -0.658. The lowest BCUT2D eigenvalue weighted by atomic mass is 9.83. The van der Waals surface area contributed by atoms with Gasteiger partial charge in [-0.3, -0.25) is 19.4 Å². The zero-order valence-electron chi connectivity index (χ0n) is 17.3. The van der Waals surface area contributed by atoms with Crippen molar-refractivity contribution in [3.05, 3.63) is 0 Å². The minimum absolute atomic E-state index is 0.0462. The lowest BCUT2D eigenvalue weighted by Gasteiger charge is -2.38. The number of nitrogens with zero attached hydrogens (tertiary/aromatic N) is 4. The van der Waals surface area contributed by atoms with Crippen LogP contribution < -0.4 is 5.32 Å². The van der Waals surface area contributed by atoms with Crippen molar-refractivity contribution in [2.45, 2.75) is 69.9 Å². The van der Waals surface area contributed by atoms with Crippen LogP contribution in [0.15, 0.2) is 0 Å². The molecule has 156 valence electrons. The summed E-state index contributed by atoms with van der Waals surface area (Å²) in [5, 5.41) is 12.5. The maximum absolute atomic E-state index is 12.6. The molecular weight excluding hydrogens is 354 g/mol. The molecule has 0 aromatic rings. The molecule has 7 nitrogen and oxygen atoms in total. The van der Waals surface area contributed by atoms with Gasteiger partial charge < -0.3 is 10.2 Å². The second-order valence-electron chi connectivity index (χ2n) is 8.79. The molecule has 0 aromatic heterocycles. The Morgan fingerprint density at radius 1 is 0.964 bits per heavy atom.